The van der Waals surface area contributed by atoms with Gasteiger partial charge in [-0.25, -0.2) is 0 Å². The monoisotopic (exact) mass is 610 g/mol. The Bertz CT molecular complexity index is 1160. The van der Waals surface area contributed by atoms with Gasteiger partial charge in [0.25, 0.3) is 0 Å². The third kappa shape index (κ3) is 8.77. The molecule has 220 valence electrons. The second-order valence-corrected chi connectivity index (χ2v) is 12.4. The number of aryl methyl sites for hydroxylation is 4. The number of hydrogen-bond acceptors (Lipinski definition) is 3. The molecule has 4 heteroatoms. The van der Waals surface area contributed by atoms with Gasteiger partial charge in [-0.2, -0.15) is 0 Å². The molecule has 0 aliphatic carbocycles. The fourth-order valence-electron chi connectivity index (χ4n) is 5.21. The van der Waals surface area contributed by atoms with E-state index in [-0.39, 0.29) is 11.8 Å². The van der Waals surface area contributed by atoms with Gasteiger partial charge in [-0.1, -0.05) is 97.0 Å². The summed E-state index contributed by atoms with van der Waals surface area (Å²) in [6, 6.07) is 12.5. The zero-order valence-corrected chi connectivity index (χ0v) is 27.6. The Morgan fingerprint density at radius 1 is 0.500 bits per heavy atom. The van der Waals surface area contributed by atoms with Gasteiger partial charge in [0.1, 0.15) is 17.2 Å². The Hall–Kier alpha value is -2.46. The van der Waals surface area contributed by atoms with Gasteiger partial charge in [-0.05, 0) is 118 Å². The van der Waals surface area contributed by atoms with Crippen LogP contribution in [0.4, 0.5) is 0 Å². The van der Waals surface area contributed by atoms with Crippen molar-refractivity contribution >= 4 is 15.9 Å². The summed E-state index contributed by atoms with van der Waals surface area (Å²) in [5.41, 5.74) is 8.43. The molecule has 3 rings (SSSR count). The van der Waals surface area contributed by atoms with E-state index in [1.165, 1.54) is 0 Å². The van der Waals surface area contributed by atoms with Crippen molar-refractivity contribution in [1.29, 1.82) is 0 Å². The average molecular weight is 612 g/mol. The SMILES string of the molecule is CCCc1cc(-c2cc(C(C)C)c(O)c(C(C)C)c2)cc(CCC)c1O.CCCc1cc(Br)cc(CCC)c1O. The van der Waals surface area contributed by atoms with Crippen LogP contribution >= 0.6 is 15.9 Å². The van der Waals surface area contributed by atoms with Crippen LogP contribution in [0.15, 0.2) is 40.9 Å². The molecule has 0 unspecified atom stereocenters. The van der Waals surface area contributed by atoms with Gasteiger partial charge in [-0.3, -0.25) is 0 Å². The summed E-state index contributed by atoms with van der Waals surface area (Å²) in [6.45, 7) is 17.0. The number of halogens is 1. The maximum atomic E-state index is 10.7. The summed E-state index contributed by atoms with van der Waals surface area (Å²) < 4.78 is 1.07. The molecule has 0 aromatic heterocycles. The van der Waals surface area contributed by atoms with Crippen molar-refractivity contribution in [2.75, 3.05) is 0 Å². The fraction of sp³-hybridized carbons (Fsp3) is 0.500. The molecule has 0 aliphatic heterocycles. The first-order chi connectivity index (χ1) is 19.0. The van der Waals surface area contributed by atoms with Crippen LogP contribution in [0.1, 0.15) is 126 Å². The summed E-state index contributed by atoms with van der Waals surface area (Å²) in [5.74, 6) is 1.91. The zero-order chi connectivity index (χ0) is 30.0. The summed E-state index contributed by atoms with van der Waals surface area (Å²) in [5, 5.41) is 31.2. The first-order valence-electron chi connectivity index (χ1n) is 15.2. The third-order valence-electron chi connectivity index (χ3n) is 7.32. The summed E-state index contributed by atoms with van der Waals surface area (Å²) in [4.78, 5) is 0. The molecule has 0 atom stereocenters. The van der Waals surface area contributed by atoms with Crippen molar-refractivity contribution in [2.45, 2.75) is 119 Å². The molecule has 0 saturated carbocycles. The van der Waals surface area contributed by atoms with E-state index in [4.69, 9.17) is 0 Å². The number of phenolic OH excluding ortho intramolecular Hbond substituents is 3. The Morgan fingerprint density at radius 3 is 1.10 bits per heavy atom. The van der Waals surface area contributed by atoms with E-state index in [1.54, 1.807) is 0 Å². The van der Waals surface area contributed by atoms with Gasteiger partial charge in [0.2, 0.25) is 0 Å². The smallest absolute Gasteiger partial charge is 0.122 e. The predicted octanol–water partition coefficient (Wildman–Crippen LogP) is 11.0. The van der Waals surface area contributed by atoms with Crippen LogP contribution in [0.3, 0.4) is 0 Å². The minimum Gasteiger partial charge on any atom is -0.507 e. The first-order valence-corrected chi connectivity index (χ1v) is 16.0. The lowest BCUT2D eigenvalue weighted by atomic mass is 9.88. The molecule has 3 N–H and O–H groups in total. The van der Waals surface area contributed by atoms with E-state index in [0.717, 1.165) is 100 Å². The van der Waals surface area contributed by atoms with Crippen LogP contribution in [0.5, 0.6) is 17.2 Å². The lowest BCUT2D eigenvalue weighted by Crippen LogP contribution is -1.98. The molecule has 3 aromatic carbocycles. The van der Waals surface area contributed by atoms with Gasteiger partial charge in [0, 0.05) is 4.47 Å². The van der Waals surface area contributed by atoms with Gasteiger partial charge in [-0.15, -0.1) is 0 Å². The van der Waals surface area contributed by atoms with Crippen molar-refractivity contribution in [3.63, 3.8) is 0 Å². The standard InChI is InChI=1S/C24H34O2.C12H17BrO/c1-7-9-17-11-19(12-18(10-8-2)23(17)25)20-13-21(15(3)4)24(26)22(14-20)16(5)6;1-3-5-9-7-11(13)8-10(6-4-2)12(9)14/h11-16,25-26H,7-10H2,1-6H3;7-8,14H,3-6H2,1-2H3. The van der Waals surface area contributed by atoms with E-state index < -0.39 is 0 Å². The maximum absolute atomic E-state index is 10.7. The molecule has 3 aromatic rings. The Kier molecular flexibility index (Phi) is 13.6. The molecule has 40 heavy (non-hydrogen) atoms. The summed E-state index contributed by atoms with van der Waals surface area (Å²) in [7, 11) is 0. The van der Waals surface area contributed by atoms with Gasteiger partial charge >= 0.3 is 0 Å². The van der Waals surface area contributed by atoms with E-state index in [9.17, 15) is 15.3 Å². The molecule has 0 spiro atoms. The molecular weight excluding hydrogens is 560 g/mol. The molecular formula is C36H51BrO3. The molecule has 3 nitrogen and oxygen atoms in total. The van der Waals surface area contributed by atoms with Crippen LogP contribution in [-0.2, 0) is 25.7 Å². The highest BCUT2D eigenvalue weighted by molar-refractivity contribution is 9.10. The fourth-order valence-corrected chi connectivity index (χ4v) is 5.76. The highest BCUT2D eigenvalue weighted by Gasteiger charge is 2.17. The molecule has 0 saturated heterocycles. The van der Waals surface area contributed by atoms with Crippen LogP contribution in [0, 0.1) is 0 Å². The highest BCUT2D eigenvalue weighted by Crippen LogP contribution is 2.39. The quantitative estimate of drug-likeness (QED) is 0.202. The molecule has 0 bridgehead atoms. The first kappa shape index (κ1) is 33.7. The zero-order valence-electron chi connectivity index (χ0n) is 26.0. The lowest BCUT2D eigenvalue weighted by Gasteiger charge is -2.19. The molecule has 0 aliphatic rings. The van der Waals surface area contributed by atoms with Crippen molar-refractivity contribution in [1.82, 2.24) is 0 Å². The second-order valence-electron chi connectivity index (χ2n) is 11.5. The van der Waals surface area contributed by atoms with Crippen molar-refractivity contribution in [3.05, 3.63) is 74.3 Å². The summed E-state index contributed by atoms with van der Waals surface area (Å²) >= 11 is 3.48. The van der Waals surface area contributed by atoms with E-state index in [2.05, 4.69) is 95.6 Å². The van der Waals surface area contributed by atoms with Crippen LogP contribution in [-0.4, -0.2) is 15.3 Å². The third-order valence-corrected chi connectivity index (χ3v) is 7.78. The maximum Gasteiger partial charge on any atom is 0.122 e. The van der Waals surface area contributed by atoms with Gasteiger partial charge < -0.3 is 15.3 Å². The molecule has 0 heterocycles. The van der Waals surface area contributed by atoms with Gasteiger partial charge in [0.05, 0.1) is 0 Å². The van der Waals surface area contributed by atoms with Crippen LogP contribution in [0.2, 0.25) is 0 Å². The Morgan fingerprint density at radius 2 is 0.800 bits per heavy atom. The van der Waals surface area contributed by atoms with E-state index in [0.29, 0.717) is 17.2 Å². The lowest BCUT2D eigenvalue weighted by molar-refractivity contribution is 0.454. The molecule has 0 amide bonds. The number of aromatic hydroxyl groups is 3. The number of benzene rings is 3. The normalized spacial score (nSPS) is 11.2. The van der Waals surface area contributed by atoms with E-state index >= 15 is 0 Å². The second kappa shape index (κ2) is 16.1. The van der Waals surface area contributed by atoms with Gasteiger partial charge in [0.15, 0.2) is 0 Å². The average Bonchev–Trinajstić information content (AvgIpc) is 2.89. The molecule has 0 radical (unpaired) electrons. The highest BCUT2D eigenvalue weighted by atomic mass is 79.9. The van der Waals surface area contributed by atoms with Crippen molar-refractivity contribution < 1.29 is 15.3 Å². The topological polar surface area (TPSA) is 60.7 Å². The largest absolute Gasteiger partial charge is 0.507 e. The Balaban J connectivity index is 0.000000337. The number of hydrogen-bond donors (Lipinski definition) is 3. The van der Waals surface area contributed by atoms with Crippen molar-refractivity contribution in [3.8, 4) is 28.4 Å². The number of rotatable bonds is 11. The van der Waals surface area contributed by atoms with E-state index in [1.807, 2.05) is 12.1 Å². The minimum absolute atomic E-state index is 0.259. The molecule has 0 fully saturated rings. The van der Waals surface area contributed by atoms with Crippen LogP contribution < -0.4 is 0 Å². The minimum atomic E-state index is 0.259. The van der Waals surface area contributed by atoms with Crippen molar-refractivity contribution in [2.24, 2.45) is 0 Å². The Labute approximate surface area is 251 Å². The van der Waals surface area contributed by atoms with Crippen LogP contribution in [0.25, 0.3) is 11.1 Å². The number of phenols is 3. The predicted molar refractivity (Wildman–Crippen MR) is 175 cm³/mol. The summed E-state index contributed by atoms with van der Waals surface area (Å²) in [6.07, 6.45) is 7.79.